The van der Waals surface area contributed by atoms with E-state index in [0.29, 0.717) is 5.70 Å². The summed E-state index contributed by atoms with van der Waals surface area (Å²) in [4.78, 5) is 16.4. The molecule has 2 rings (SSSR count). The molecule has 1 saturated heterocycles. The summed E-state index contributed by atoms with van der Waals surface area (Å²) >= 11 is 0. The van der Waals surface area contributed by atoms with Crippen LogP contribution in [0.5, 0.6) is 0 Å². The minimum Gasteiger partial charge on any atom is -0.386 e. The Labute approximate surface area is 157 Å². The number of anilines is 2. The van der Waals surface area contributed by atoms with E-state index >= 15 is 0 Å². The van der Waals surface area contributed by atoms with Gasteiger partial charge in [-0.1, -0.05) is 27.4 Å². The van der Waals surface area contributed by atoms with Crippen LogP contribution in [0.1, 0.15) is 20.8 Å². The Hall–Kier alpha value is -2.05. The van der Waals surface area contributed by atoms with Crippen LogP contribution in [0.15, 0.2) is 36.5 Å². The van der Waals surface area contributed by atoms with Gasteiger partial charge in [-0.2, -0.15) is 0 Å². The first kappa shape index (κ1) is 22.0. The second kappa shape index (κ2) is 10.8. The zero-order valence-corrected chi connectivity index (χ0v) is 16.7. The van der Waals surface area contributed by atoms with Crippen LogP contribution in [0, 0.1) is 5.92 Å². The molecule has 2 unspecified atom stereocenters. The fraction of sp³-hybridized carbons (Fsp3) is 0.550. The highest BCUT2D eigenvalue weighted by Gasteiger charge is 2.25. The van der Waals surface area contributed by atoms with E-state index in [2.05, 4.69) is 22.1 Å². The molecule has 1 heterocycles. The molecule has 146 valence electrons. The third-order valence-electron chi connectivity index (χ3n) is 4.42. The van der Waals surface area contributed by atoms with Gasteiger partial charge in [-0.25, -0.2) is 0 Å². The standard InChI is InChI=1S/C18H28N4O2.C2H6/c1-13(17(23)14(2)21(3)4)18(24)20-15-5-7-16(8-6-15)22-11-9-19-10-12-22;1-2/h5-8,13,17,19,23H,2,9-12H2,1,3-4H3,(H,20,24);1-2H3. The normalized spacial score (nSPS) is 16.0. The Morgan fingerprint density at radius 2 is 1.77 bits per heavy atom. The highest BCUT2D eigenvalue weighted by molar-refractivity contribution is 5.93. The lowest BCUT2D eigenvalue weighted by Crippen LogP contribution is -2.43. The number of aliphatic hydroxyl groups is 1. The SMILES string of the molecule is C=C(C(O)C(C)C(=O)Nc1ccc(N2CCNCC2)cc1)N(C)C.CC. The van der Waals surface area contributed by atoms with E-state index in [-0.39, 0.29) is 5.91 Å². The maximum Gasteiger partial charge on any atom is 0.230 e. The van der Waals surface area contributed by atoms with Crippen LogP contribution in [0.3, 0.4) is 0 Å². The molecule has 6 nitrogen and oxygen atoms in total. The second-order valence-electron chi connectivity index (χ2n) is 6.39. The van der Waals surface area contributed by atoms with Gasteiger partial charge in [-0.15, -0.1) is 0 Å². The highest BCUT2D eigenvalue weighted by Crippen LogP contribution is 2.20. The predicted molar refractivity (Wildman–Crippen MR) is 110 cm³/mol. The molecule has 1 fully saturated rings. The predicted octanol–water partition coefficient (Wildman–Crippen LogP) is 2.13. The molecule has 26 heavy (non-hydrogen) atoms. The van der Waals surface area contributed by atoms with Gasteiger partial charge in [-0.05, 0) is 24.3 Å². The summed E-state index contributed by atoms with van der Waals surface area (Å²) in [5, 5.41) is 16.4. The smallest absolute Gasteiger partial charge is 0.230 e. The van der Waals surface area contributed by atoms with Crippen LogP contribution in [0.25, 0.3) is 0 Å². The summed E-state index contributed by atoms with van der Waals surface area (Å²) in [6.45, 7) is 13.5. The minimum absolute atomic E-state index is 0.222. The van der Waals surface area contributed by atoms with Crippen molar-refractivity contribution < 1.29 is 9.90 Å². The van der Waals surface area contributed by atoms with Crippen molar-refractivity contribution in [2.24, 2.45) is 5.92 Å². The van der Waals surface area contributed by atoms with E-state index in [1.807, 2.05) is 38.1 Å². The monoisotopic (exact) mass is 362 g/mol. The number of carbonyl (C=O) groups is 1. The highest BCUT2D eigenvalue weighted by atomic mass is 16.3. The summed E-state index contributed by atoms with van der Waals surface area (Å²) in [6, 6.07) is 7.83. The number of amides is 1. The number of aliphatic hydroxyl groups excluding tert-OH is 1. The van der Waals surface area contributed by atoms with E-state index in [0.717, 1.165) is 37.6 Å². The molecule has 0 aliphatic carbocycles. The largest absolute Gasteiger partial charge is 0.386 e. The average Bonchev–Trinajstić information content (AvgIpc) is 2.68. The molecular weight excluding hydrogens is 328 g/mol. The number of piperazine rings is 1. The van der Waals surface area contributed by atoms with Crippen molar-refractivity contribution in [1.29, 1.82) is 0 Å². The van der Waals surface area contributed by atoms with Crippen LogP contribution in [-0.2, 0) is 4.79 Å². The molecule has 1 amide bonds. The summed E-state index contributed by atoms with van der Waals surface area (Å²) in [6.07, 6.45) is -0.903. The lowest BCUT2D eigenvalue weighted by atomic mass is 10.0. The molecule has 0 saturated carbocycles. The van der Waals surface area contributed by atoms with Gasteiger partial charge in [0.25, 0.3) is 0 Å². The van der Waals surface area contributed by atoms with Crippen molar-refractivity contribution >= 4 is 17.3 Å². The molecule has 0 aromatic heterocycles. The Bertz CT molecular complexity index is 566. The second-order valence-corrected chi connectivity index (χ2v) is 6.39. The Morgan fingerprint density at radius 3 is 2.27 bits per heavy atom. The molecule has 1 aliphatic rings. The van der Waals surface area contributed by atoms with Gasteiger partial charge in [-0.3, -0.25) is 4.79 Å². The first-order chi connectivity index (χ1) is 12.4. The van der Waals surface area contributed by atoms with Crippen LogP contribution >= 0.6 is 0 Å². The third kappa shape index (κ3) is 6.04. The van der Waals surface area contributed by atoms with E-state index in [1.54, 1.807) is 25.9 Å². The van der Waals surface area contributed by atoms with Gasteiger partial charge >= 0.3 is 0 Å². The molecule has 0 radical (unpaired) electrons. The molecule has 0 bridgehead atoms. The van der Waals surface area contributed by atoms with Crippen LogP contribution in [0.4, 0.5) is 11.4 Å². The van der Waals surface area contributed by atoms with E-state index < -0.39 is 12.0 Å². The van der Waals surface area contributed by atoms with Gasteiger partial charge in [0.05, 0.1) is 5.92 Å². The molecule has 3 N–H and O–H groups in total. The quantitative estimate of drug-likeness (QED) is 0.723. The lowest BCUT2D eigenvalue weighted by molar-refractivity contribution is -0.122. The third-order valence-corrected chi connectivity index (χ3v) is 4.42. The Balaban J connectivity index is 0.00000163. The van der Waals surface area contributed by atoms with Crippen molar-refractivity contribution in [2.75, 3.05) is 50.5 Å². The Kier molecular flexibility index (Phi) is 9.16. The maximum absolute atomic E-state index is 12.3. The molecular formula is C20H34N4O2. The van der Waals surface area contributed by atoms with Crippen LogP contribution < -0.4 is 15.5 Å². The van der Waals surface area contributed by atoms with Crippen molar-refractivity contribution in [1.82, 2.24) is 10.2 Å². The number of benzene rings is 1. The Morgan fingerprint density at radius 1 is 1.23 bits per heavy atom. The zero-order chi connectivity index (χ0) is 19.7. The molecule has 1 aliphatic heterocycles. The molecule has 1 aromatic carbocycles. The molecule has 2 atom stereocenters. The number of carbonyl (C=O) groups excluding carboxylic acids is 1. The van der Waals surface area contributed by atoms with E-state index in [9.17, 15) is 9.90 Å². The fourth-order valence-electron chi connectivity index (χ4n) is 2.63. The molecule has 6 heteroatoms. The number of nitrogens with one attached hydrogen (secondary N) is 2. The van der Waals surface area contributed by atoms with E-state index in [1.165, 1.54) is 0 Å². The summed E-state index contributed by atoms with van der Waals surface area (Å²) in [5.41, 5.74) is 2.41. The van der Waals surface area contributed by atoms with Crippen LogP contribution in [0.2, 0.25) is 0 Å². The van der Waals surface area contributed by atoms with Crippen molar-refractivity contribution in [3.63, 3.8) is 0 Å². The number of hydrogen-bond donors (Lipinski definition) is 3. The first-order valence-corrected chi connectivity index (χ1v) is 9.31. The van der Waals surface area contributed by atoms with Gasteiger partial charge in [0.15, 0.2) is 0 Å². The van der Waals surface area contributed by atoms with Gasteiger partial charge in [0.1, 0.15) is 6.10 Å². The topological polar surface area (TPSA) is 67.8 Å². The van der Waals surface area contributed by atoms with Crippen molar-refractivity contribution in [3.8, 4) is 0 Å². The van der Waals surface area contributed by atoms with Gasteiger partial charge in [0, 0.05) is 57.3 Å². The molecule has 0 spiro atoms. The van der Waals surface area contributed by atoms with Crippen molar-refractivity contribution in [3.05, 3.63) is 36.5 Å². The summed E-state index contributed by atoms with van der Waals surface area (Å²) < 4.78 is 0. The number of hydrogen-bond acceptors (Lipinski definition) is 5. The number of nitrogens with zero attached hydrogens (tertiary/aromatic N) is 2. The lowest BCUT2D eigenvalue weighted by Gasteiger charge is -2.29. The van der Waals surface area contributed by atoms with E-state index in [4.69, 9.17) is 0 Å². The minimum atomic E-state index is -0.903. The molecule has 1 aromatic rings. The van der Waals surface area contributed by atoms with Gasteiger partial charge in [0.2, 0.25) is 5.91 Å². The summed E-state index contributed by atoms with van der Waals surface area (Å²) in [5.74, 6) is -0.798. The first-order valence-electron chi connectivity index (χ1n) is 9.31. The zero-order valence-electron chi connectivity index (χ0n) is 16.7. The van der Waals surface area contributed by atoms with Crippen molar-refractivity contribution in [2.45, 2.75) is 26.9 Å². The number of likely N-dealkylation sites (N-methyl/N-ethyl adjacent to an activating group) is 1. The van der Waals surface area contributed by atoms with Gasteiger partial charge < -0.3 is 25.5 Å². The fourth-order valence-corrected chi connectivity index (χ4v) is 2.63. The summed E-state index contributed by atoms with van der Waals surface area (Å²) in [7, 11) is 3.59. The van der Waals surface area contributed by atoms with Crippen LogP contribution in [-0.4, -0.2) is 62.3 Å². The maximum atomic E-state index is 12.3. The number of rotatable bonds is 6. The average molecular weight is 363 g/mol.